The molecule has 0 saturated carbocycles. The summed E-state index contributed by atoms with van der Waals surface area (Å²) >= 11 is 7.52. The number of carbonyl (C=O) groups excluding carboxylic acids is 2. The summed E-state index contributed by atoms with van der Waals surface area (Å²) in [5, 5.41) is 4.19. The molecule has 1 aromatic heterocycles. The number of hydrogen-bond acceptors (Lipinski definition) is 5. The van der Waals surface area contributed by atoms with Crippen LogP contribution in [-0.2, 0) is 20.7 Å². The van der Waals surface area contributed by atoms with Crippen molar-refractivity contribution in [2.45, 2.75) is 32.3 Å². The highest BCUT2D eigenvalue weighted by molar-refractivity contribution is 7.18. The molecule has 1 heterocycles. The fourth-order valence-corrected chi connectivity index (χ4v) is 3.73. The average molecular weight is 403 g/mol. The average Bonchev–Trinajstić information content (AvgIpc) is 3.04. The van der Waals surface area contributed by atoms with Crippen LogP contribution in [0, 0.1) is 0 Å². The lowest BCUT2D eigenvalue weighted by molar-refractivity contribution is -0.153. The molecule has 27 heavy (non-hydrogen) atoms. The second-order valence-corrected chi connectivity index (χ2v) is 7.61. The van der Waals surface area contributed by atoms with Crippen molar-refractivity contribution in [3.8, 4) is 0 Å². The van der Waals surface area contributed by atoms with E-state index in [1.54, 1.807) is 42.5 Å². The van der Waals surface area contributed by atoms with Gasteiger partial charge in [-0.1, -0.05) is 29.8 Å². The lowest BCUT2D eigenvalue weighted by Gasteiger charge is -2.13. The zero-order chi connectivity index (χ0) is 19.2. The van der Waals surface area contributed by atoms with Crippen LogP contribution in [0.1, 0.15) is 24.8 Å². The normalized spacial score (nSPS) is 11.9. The predicted octanol–water partition coefficient (Wildman–Crippen LogP) is 4.84. The Balaban J connectivity index is 1.43. The molecule has 0 bridgehead atoms. The third kappa shape index (κ3) is 5.52. The molecule has 3 aromatic rings. The van der Waals surface area contributed by atoms with Crippen LogP contribution in [0.5, 0.6) is 0 Å². The van der Waals surface area contributed by atoms with E-state index in [0.29, 0.717) is 23.6 Å². The summed E-state index contributed by atoms with van der Waals surface area (Å²) in [6.07, 6.45) is 0.697. The van der Waals surface area contributed by atoms with E-state index in [4.69, 9.17) is 16.3 Å². The lowest BCUT2D eigenvalue weighted by atomic mass is 10.2. The van der Waals surface area contributed by atoms with Gasteiger partial charge >= 0.3 is 5.97 Å². The number of carbonyl (C=O) groups is 2. The highest BCUT2D eigenvalue weighted by Gasteiger charge is 2.18. The van der Waals surface area contributed by atoms with E-state index in [-0.39, 0.29) is 6.42 Å². The van der Waals surface area contributed by atoms with Crippen LogP contribution in [-0.4, -0.2) is 23.0 Å². The Kier molecular flexibility index (Phi) is 6.42. The van der Waals surface area contributed by atoms with Crippen molar-refractivity contribution in [1.82, 2.24) is 4.98 Å². The van der Waals surface area contributed by atoms with Gasteiger partial charge in [-0.05, 0) is 50.1 Å². The molecule has 0 aliphatic heterocycles. The molecule has 0 spiro atoms. The maximum Gasteiger partial charge on any atom is 0.306 e. The molecule has 1 N–H and O–H groups in total. The predicted molar refractivity (Wildman–Crippen MR) is 108 cm³/mol. The van der Waals surface area contributed by atoms with Crippen LogP contribution in [0.25, 0.3) is 10.2 Å². The van der Waals surface area contributed by atoms with Crippen LogP contribution >= 0.6 is 22.9 Å². The minimum absolute atomic E-state index is 0.241. The van der Waals surface area contributed by atoms with Crippen molar-refractivity contribution in [3.05, 3.63) is 58.6 Å². The molecule has 7 heteroatoms. The zero-order valence-corrected chi connectivity index (χ0v) is 16.3. The van der Waals surface area contributed by atoms with E-state index in [0.717, 1.165) is 15.2 Å². The molecule has 3 rings (SSSR count). The lowest BCUT2D eigenvalue weighted by Crippen LogP contribution is -2.29. The summed E-state index contributed by atoms with van der Waals surface area (Å²) in [4.78, 5) is 28.6. The number of thiazole rings is 1. The Morgan fingerprint density at radius 1 is 1.22 bits per heavy atom. The Labute approximate surface area is 166 Å². The number of benzene rings is 2. The van der Waals surface area contributed by atoms with Crippen molar-refractivity contribution in [2.24, 2.45) is 0 Å². The summed E-state index contributed by atoms with van der Waals surface area (Å²) in [5.74, 6) is -0.790. The van der Waals surface area contributed by atoms with Crippen LogP contribution in [0.4, 0.5) is 5.69 Å². The van der Waals surface area contributed by atoms with Crippen molar-refractivity contribution in [1.29, 1.82) is 0 Å². The molecule has 0 saturated heterocycles. The molecule has 5 nitrogen and oxygen atoms in total. The maximum atomic E-state index is 12.1. The second kappa shape index (κ2) is 8.97. The number of nitrogens with zero attached hydrogens (tertiary/aromatic N) is 1. The zero-order valence-electron chi connectivity index (χ0n) is 14.8. The number of ether oxygens (including phenoxy) is 1. The summed E-state index contributed by atoms with van der Waals surface area (Å²) in [5.41, 5.74) is 1.54. The third-order valence-electron chi connectivity index (χ3n) is 3.88. The molecular formula is C20H19ClN2O3S. The Morgan fingerprint density at radius 2 is 2.04 bits per heavy atom. The third-order valence-corrected chi connectivity index (χ3v) is 5.21. The van der Waals surface area contributed by atoms with Crippen molar-refractivity contribution in [2.75, 3.05) is 5.32 Å². The van der Waals surface area contributed by atoms with E-state index in [1.807, 2.05) is 24.3 Å². The molecule has 0 radical (unpaired) electrons. The van der Waals surface area contributed by atoms with Crippen molar-refractivity contribution in [3.63, 3.8) is 0 Å². The van der Waals surface area contributed by atoms with Crippen LogP contribution in [0.3, 0.4) is 0 Å². The molecule has 0 aliphatic rings. The van der Waals surface area contributed by atoms with E-state index in [2.05, 4.69) is 10.3 Å². The van der Waals surface area contributed by atoms with Crippen LogP contribution in [0.2, 0.25) is 5.02 Å². The number of esters is 1. The number of anilines is 1. The molecule has 140 valence electrons. The minimum Gasteiger partial charge on any atom is -0.453 e. The van der Waals surface area contributed by atoms with Gasteiger partial charge in [-0.3, -0.25) is 9.59 Å². The maximum absolute atomic E-state index is 12.1. The van der Waals surface area contributed by atoms with Gasteiger partial charge in [-0.25, -0.2) is 4.98 Å². The van der Waals surface area contributed by atoms with Gasteiger partial charge in [0, 0.05) is 17.1 Å². The van der Waals surface area contributed by atoms with Gasteiger partial charge in [0.05, 0.1) is 15.2 Å². The van der Waals surface area contributed by atoms with E-state index in [9.17, 15) is 9.59 Å². The van der Waals surface area contributed by atoms with E-state index >= 15 is 0 Å². The fourth-order valence-electron chi connectivity index (χ4n) is 2.53. The molecule has 2 aromatic carbocycles. The number of nitrogens with one attached hydrogen (secondary N) is 1. The number of aryl methyl sites for hydroxylation is 1. The Hall–Kier alpha value is -2.44. The summed E-state index contributed by atoms with van der Waals surface area (Å²) in [7, 11) is 0. The van der Waals surface area contributed by atoms with Gasteiger partial charge < -0.3 is 10.1 Å². The first-order valence-electron chi connectivity index (χ1n) is 8.61. The van der Waals surface area contributed by atoms with Gasteiger partial charge in [0.15, 0.2) is 6.10 Å². The van der Waals surface area contributed by atoms with Crippen LogP contribution in [0.15, 0.2) is 48.5 Å². The van der Waals surface area contributed by atoms with Gasteiger partial charge in [-0.2, -0.15) is 0 Å². The second-order valence-electron chi connectivity index (χ2n) is 6.06. The minimum atomic E-state index is -0.876. The highest BCUT2D eigenvalue weighted by atomic mass is 35.5. The monoisotopic (exact) mass is 402 g/mol. The molecular weight excluding hydrogens is 384 g/mol. The Morgan fingerprint density at radius 3 is 2.81 bits per heavy atom. The summed E-state index contributed by atoms with van der Waals surface area (Å²) in [6.45, 7) is 1.55. The molecule has 1 amide bonds. The number of fused-ring (bicyclic) bond motifs is 1. The fraction of sp³-hybridized carbons (Fsp3) is 0.250. The van der Waals surface area contributed by atoms with Gasteiger partial charge in [-0.15, -0.1) is 11.3 Å². The number of aromatic nitrogens is 1. The molecule has 1 atom stereocenters. The molecule has 0 fully saturated rings. The summed E-state index contributed by atoms with van der Waals surface area (Å²) in [6, 6.07) is 14.7. The smallest absolute Gasteiger partial charge is 0.306 e. The molecule has 0 unspecified atom stereocenters. The SMILES string of the molecule is C[C@H](OC(=O)CCCc1nc2ccccc2s1)C(=O)Nc1cccc(Cl)c1. The summed E-state index contributed by atoms with van der Waals surface area (Å²) < 4.78 is 6.35. The van der Waals surface area contributed by atoms with E-state index < -0.39 is 18.0 Å². The largest absolute Gasteiger partial charge is 0.453 e. The molecule has 0 aliphatic carbocycles. The number of halogens is 1. The Bertz CT molecular complexity index is 924. The highest BCUT2D eigenvalue weighted by Crippen LogP contribution is 2.22. The first-order chi connectivity index (χ1) is 13.0. The standard InChI is InChI=1S/C20H19ClN2O3S/c1-13(20(25)22-15-7-4-6-14(21)12-15)26-19(24)11-5-10-18-23-16-8-2-3-9-17(16)27-18/h2-4,6-9,12-13H,5,10-11H2,1H3,(H,22,25)/t13-/m0/s1. The van der Waals surface area contributed by atoms with Gasteiger partial charge in [0.2, 0.25) is 0 Å². The first-order valence-corrected chi connectivity index (χ1v) is 9.81. The number of hydrogen-bond donors (Lipinski definition) is 1. The topological polar surface area (TPSA) is 68.3 Å². The van der Waals surface area contributed by atoms with E-state index in [1.165, 1.54) is 0 Å². The first kappa shape index (κ1) is 19.3. The van der Waals surface area contributed by atoms with Crippen LogP contribution < -0.4 is 5.32 Å². The van der Waals surface area contributed by atoms with Gasteiger partial charge in [0.25, 0.3) is 5.91 Å². The number of amides is 1. The van der Waals surface area contributed by atoms with Gasteiger partial charge in [0.1, 0.15) is 0 Å². The number of rotatable bonds is 7. The van der Waals surface area contributed by atoms with Crippen molar-refractivity contribution < 1.29 is 14.3 Å². The van der Waals surface area contributed by atoms with Crippen molar-refractivity contribution >= 4 is 50.7 Å². The number of para-hydroxylation sites is 1. The quantitative estimate of drug-likeness (QED) is 0.574.